The van der Waals surface area contributed by atoms with Crippen LogP contribution in [0.2, 0.25) is 0 Å². The summed E-state index contributed by atoms with van der Waals surface area (Å²) in [6.45, 7) is 3.59. The van der Waals surface area contributed by atoms with E-state index in [0.717, 1.165) is 42.0 Å². The van der Waals surface area contributed by atoms with Gasteiger partial charge in [-0.2, -0.15) is 0 Å². The molecule has 1 saturated heterocycles. The number of carbonyl (C=O) groups is 2. The van der Waals surface area contributed by atoms with Gasteiger partial charge in [0.2, 0.25) is 5.91 Å². The summed E-state index contributed by atoms with van der Waals surface area (Å²) >= 11 is 1.76. The number of nitrogens with one attached hydrogen (secondary N) is 1. The van der Waals surface area contributed by atoms with Crippen molar-refractivity contribution in [1.82, 2.24) is 15.2 Å². The van der Waals surface area contributed by atoms with Gasteiger partial charge in [-0.05, 0) is 50.4 Å². The highest BCUT2D eigenvalue weighted by Crippen LogP contribution is 2.32. The Morgan fingerprint density at radius 1 is 1.17 bits per heavy atom. The molecule has 6 heteroatoms. The van der Waals surface area contributed by atoms with Crippen molar-refractivity contribution < 1.29 is 9.59 Å². The van der Waals surface area contributed by atoms with Crippen LogP contribution in [-0.4, -0.2) is 47.3 Å². The molecule has 1 amide bonds. The average Bonchev–Trinajstić information content (AvgIpc) is 3.18. The molecule has 1 aliphatic heterocycles. The number of amides is 1. The minimum absolute atomic E-state index is 0.0156. The van der Waals surface area contributed by atoms with Crippen molar-refractivity contribution >= 4 is 33.2 Å². The third-order valence-electron chi connectivity index (χ3n) is 5.64. The highest BCUT2D eigenvalue weighted by atomic mass is 32.1. The van der Waals surface area contributed by atoms with Crippen LogP contribution in [0.5, 0.6) is 0 Å². The van der Waals surface area contributed by atoms with Gasteiger partial charge in [-0.1, -0.05) is 42.5 Å². The first-order valence-electron chi connectivity index (χ1n) is 10.5. The highest BCUT2D eigenvalue weighted by Gasteiger charge is 2.26. The van der Waals surface area contributed by atoms with Crippen LogP contribution in [0.15, 0.2) is 54.6 Å². The van der Waals surface area contributed by atoms with E-state index in [1.54, 1.807) is 11.3 Å². The Labute approximate surface area is 181 Å². The second-order valence-corrected chi connectivity index (χ2v) is 9.08. The monoisotopic (exact) mass is 421 g/mol. The van der Waals surface area contributed by atoms with Gasteiger partial charge in [0.1, 0.15) is 0 Å². The number of Topliss-reactive ketones (excluding diaryl/α,β-unsaturated/α-hetero) is 1. The van der Waals surface area contributed by atoms with Crippen LogP contribution in [0.4, 0.5) is 0 Å². The number of carbonyl (C=O) groups excluding carboxylic acids is 2. The molecule has 2 atom stereocenters. The van der Waals surface area contributed by atoms with Crippen LogP contribution in [0, 0.1) is 0 Å². The second kappa shape index (κ2) is 9.49. The van der Waals surface area contributed by atoms with Crippen LogP contribution >= 0.6 is 11.3 Å². The molecule has 0 aliphatic carbocycles. The van der Waals surface area contributed by atoms with Gasteiger partial charge in [0, 0.05) is 12.5 Å². The average molecular weight is 422 g/mol. The standard InChI is InChI=1S/C24H27N3O2S/c1-17(28)21(14-18-8-3-2-4-9-18)25-23(29)16-27-13-7-10-19(15-27)24-26-20-11-5-6-12-22(20)30-24/h2-6,8-9,11-12,19,21H,7,10,13-16H2,1H3,(H,25,29)/t19-,21+/m0/s1. The van der Waals surface area contributed by atoms with Gasteiger partial charge in [0.05, 0.1) is 27.8 Å². The van der Waals surface area contributed by atoms with E-state index in [9.17, 15) is 9.59 Å². The van der Waals surface area contributed by atoms with Crippen molar-refractivity contribution in [2.24, 2.45) is 0 Å². The van der Waals surface area contributed by atoms with E-state index in [0.29, 0.717) is 18.9 Å². The zero-order valence-electron chi connectivity index (χ0n) is 17.2. The Hall–Kier alpha value is -2.57. The third-order valence-corrected chi connectivity index (χ3v) is 6.84. The summed E-state index contributed by atoms with van der Waals surface area (Å²) in [4.78, 5) is 31.8. The van der Waals surface area contributed by atoms with Crippen molar-refractivity contribution in [2.75, 3.05) is 19.6 Å². The Morgan fingerprint density at radius 3 is 2.70 bits per heavy atom. The van der Waals surface area contributed by atoms with Gasteiger partial charge >= 0.3 is 0 Å². The molecular formula is C24H27N3O2S. The molecule has 0 spiro atoms. The Balaban J connectivity index is 1.35. The lowest BCUT2D eigenvalue weighted by molar-refractivity contribution is -0.127. The van der Waals surface area contributed by atoms with E-state index in [4.69, 9.17) is 4.98 Å². The quantitative estimate of drug-likeness (QED) is 0.630. The molecule has 156 valence electrons. The highest BCUT2D eigenvalue weighted by molar-refractivity contribution is 7.18. The van der Waals surface area contributed by atoms with E-state index < -0.39 is 6.04 Å². The second-order valence-electron chi connectivity index (χ2n) is 8.01. The maximum atomic E-state index is 12.7. The molecule has 0 unspecified atom stereocenters. The number of likely N-dealkylation sites (tertiary alicyclic amines) is 1. The number of hydrogen-bond acceptors (Lipinski definition) is 5. The van der Waals surface area contributed by atoms with Gasteiger partial charge in [0.25, 0.3) is 0 Å². The van der Waals surface area contributed by atoms with E-state index >= 15 is 0 Å². The summed E-state index contributed by atoms with van der Waals surface area (Å²) in [7, 11) is 0. The Kier molecular flexibility index (Phi) is 6.55. The van der Waals surface area contributed by atoms with Crippen LogP contribution < -0.4 is 5.32 Å². The zero-order valence-corrected chi connectivity index (χ0v) is 18.0. The summed E-state index contributed by atoms with van der Waals surface area (Å²) in [5, 5.41) is 4.10. The number of para-hydroxylation sites is 1. The SMILES string of the molecule is CC(=O)[C@@H](Cc1ccccc1)NC(=O)CN1CCC[C@H](c2nc3ccccc3s2)C1. The molecule has 30 heavy (non-hydrogen) atoms. The van der Waals surface area contributed by atoms with Gasteiger partial charge in [-0.3, -0.25) is 14.5 Å². The number of nitrogens with zero attached hydrogens (tertiary/aromatic N) is 2. The van der Waals surface area contributed by atoms with Crippen molar-refractivity contribution in [3.63, 3.8) is 0 Å². The fraction of sp³-hybridized carbons (Fsp3) is 0.375. The molecule has 4 rings (SSSR count). The first-order chi connectivity index (χ1) is 14.6. The molecule has 0 bridgehead atoms. The van der Waals surface area contributed by atoms with Crippen molar-refractivity contribution in [2.45, 2.75) is 38.1 Å². The van der Waals surface area contributed by atoms with E-state index in [1.807, 2.05) is 42.5 Å². The number of thiazole rings is 1. The van der Waals surface area contributed by atoms with Crippen molar-refractivity contribution in [3.05, 3.63) is 65.2 Å². The molecule has 1 fully saturated rings. The molecule has 3 aromatic rings. The summed E-state index contributed by atoms with van der Waals surface area (Å²) in [5.41, 5.74) is 2.10. The molecule has 5 nitrogen and oxygen atoms in total. The number of fused-ring (bicyclic) bond motifs is 1. The largest absolute Gasteiger partial charge is 0.345 e. The molecule has 1 aliphatic rings. The number of aromatic nitrogens is 1. The minimum atomic E-state index is -0.482. The zero-order chi connectivity index (χ0) is 20.9. The molecule has 1 N–H and O–H groups in total. The molecule has 1 aromatic heterocycles. The predicted octanol–water partition coefficient (Wildman–Crippen LogP) is 3.79. The lowest BCUT2D eigenvalue weighted by Gasteiger charge is -2.31. The fourth-order valence-corrected chi connectivity index (χ4v) is 5.15. The number of benzene rings is 2. The van der Waals surface area contributed by atoms with E-state index in [2.05, 4.69) is 22.3 Å². The van der Waals surface area contributed by atoms with Gasteiger partial charge < -0.3 is 5.32 Å². The van der Waals surface area contributed by atoms with Crippen LogP contribution in [0.1, 0.15) is 36.3 Å². The van der Waals surface area contributed by atoms with E-state index in [-0.39, 0.29) is 11.7 Å². The Bertz CT molecular complexity index is 984. The summed E-state index contributed by atoms with van der Waals surface area (Å²) in [5.74, 6) is 0.256. The fourth-order valence-electron chi connectivity index (χ4n) is 4.05. The number of rotatable bonds is 7. The smallest absolute Gasteiger partial charge is 0.234 e. The first kappa shape index (κ1) is 20.7. The summed E-state index contributed by atoms with van der Waals surface area (Å²) in [6.07, 6.45) is 2.67. The van der Waals surface area contributed by atoms with Gasteiger partial charge in [0.15, 0.2) is 5.78 Å². The van der Waals surface area contributed by atoms with Gasteiger partial charge in [-0.15, -0.1) is 11.3 Å². The summed E-state index contributed by atoms with van der Waals surface area (Å²) < 4.78 is 1.22. The maximum Gasteiger partial charge on any atom is 0.234 e. The van der Waals surface area contributed by atoms with Gasteiger partial charge in [-0.25, -0.2) is 4.98 Å². The molecule has 0 saturated carbocycles. The first-order valence-corrected chi connectivity index (χ1v) is 11.3. The van der Waals surface area contributed by atoms with Crippen LogP contribution in [0.3, 0.4) is 0 Å². The Morgan fingerprint density at radius 2 is 1.93 bits per heavy atom. The third kappa shape index (κ3) is 5.12. The number of piperidine rings is 1. The lowest BCUT2D eigenvalue weighted by atomic mass is 9.98. The normalized spacial score (nSPS) is 18.2. The minimum Gasteiger partial charge on any atom is -0.345 e. The number of ketones is 1. The predicted molar refractivity (Wildman–Crippen MR) is 121 cm³/mol. The maximum absolute atomic E-state index is 12.7. The number of hydrogen-bond donors (Lipinski definition) is 1. The van der Waals surface area contributed by atoms with Crippen LogP contribution in [-0.2, 0) is 16.0 Å². The molecule has 0 radical (unpaired) electrons. The summed E-state index contributed by atoms with van der Waals surface area (Å²) in [6, 6.07) is 17.6. The lowest BCUT2D eigenvalue weighted by Crippen LogP contribution is -2.47. The molecular weight excluding hydrogens is 394 g/mol. The van der Waals surface area contributed by atoms with Crippen molar-refractivity contribution in [1.29, 1.82) is 0 Å². The van der Waals surface area contributed by atoms with Crippen LogP contribution in [0.25, 0.3) is 10.2 Å². The van der Waals surface area contributed by atoms with E-state index in [1.165, 1.54) is 11.6 Å². The molecule has 2 aromatic carbocycles. The molecule has 2 heterocycles. The van der Waals surface area contributed by atoms with Crippen molar-refractivity contribution in [3.8, 4) is 0 Å². The topological polar surface area (TPSA) is 62.3 Å².